The van der Waals surface area contributed by atoms with E-state index in [2.05, 4.69) is 19.2 Å². The van der Waals surface area contributed by atoms with E-state index in [4.69, 9.17) is 4.74 Å². The van der Waals surface area contributed by atoms with Crippen LogP contribution >= 0.6 is 0 Å². The lowest BCUT2D eigenvalue weighted by Crippen LogP contribution is -2.52. The number of amides is 1. The van der Waals surface area contributed by atoms with E-state index in [0.29, 0.717) is 18.2 Å². The van der Waals surface area contributed by atoms with Gasteiger partial charge in [-0.05, 0) is 31.2 Å². The first kappa shape index (κ1) is 14.6. The van der Waals surface area contributed by atoms with Crippen LogP contribution in [0.5, 0.6) is 0 Å². The Bertz CT molecular complexity index is 720. The minimum absolute atomic E-state index is 0.0309. The molecule has 4 rings (SSSR count). The van der Waals surface area contributed by atoms with Gasteiger partial charge in [-0.2, -0.15) is 0 Å². The lowest BCUT2D eigenvalue weighted by Gasteiger charge is -2.39. The molecule has 0 spiro atoms. The van der Waals surface area contributed by atoms with Crippen molar-refractivity contribution in [1.82, 2.24) is 0 Å². The maximum atomic E-state index is 13.0. The van der Waals surface area contributed by atoms with Crippen LogP contribution in [0.25, 0.3) is 0 Å². The first-order chi connectivity index (χ1) is 10.8. The lowest BCUT2D eigenvalue weighted by molar-refractivity contribution is -0.384. The molecule has 4 atom stereocenters. The van der Waals surface area contributed by atoms with E-state index in [1.54, 1.807) is 12.1 Å². The van der Waals surface area contributed by atoms with Crippen LogP contribution < -0.4 is 5.32 Å². The molecule has 0 aromatic heterocycles. The Balaban J connectivity index is 1.64. The number of carbonyl (C=O) groups excluding carboxylic acids is 1. The van der Waals surface area contributed by atoms with Gasteiger partial charge >= 0.3 is 0 Å². The molecule has 4 bridgehead atoms. The van der Waals surface area contributed by atoms with Gasteiger partial charge in [-0.3, -0.25) is 14.9 Å². The fourth-order valence-electron chi connectivity index (χ4n) is 5.19. The maximum Gasteiger partial charge on any atom is 0.271 e. The van der Waals surface area contributed by atoms with Crippen molar-refractivity contribution in [2.45, 2.75) is 38.7 Å². The molecule has 2 aliphatic carbocycles. The summed E-state index contributed by atoms with van der Waals surface area (Å²) in [4.78, 5) is 23.4. The molecule has 3 aliphatic rings. The van der Waals surface area contributed by atoms with Crippen molar-refractivity contribution in [1.29, 1.82) is 0 Å². The second-order valence-corrected chi connectivity index (χ2v) is 7.57. The summed E-state index contributed by atoms with van der Waals surface area (Å²) in [7, 11) is 0. The summed E-state index contributed by atoms with van der Waals surface area (Å²) in [6.45, 7) is 5.02. The third-order valence-corrected chi connectivity index (χ3v) is 6.88. The standard InChI is InChI=1S/C17H20N2O4/c1-15-10-23-17(9-11(15)6-7-16(15,17)2)14(20)18-12-4-3-5-13(8-12)19(21)22/h3-5,8,11H,6-7,9-10H2,1-2H3,(H,18,20)/t11-,15+,16-,17-/m0/s1. The van der Waals surface area contributed by atoms with Gasteiger partial charge in [-0.15, -0.1) is 0 Å². The molecule has 0 radical (unpaired) electrons. The molecule has 23 heavy (non-hydrogen) atoms. The SMILES string of the molecule is C[C@@]12CC[C@H]3C[C@@]1(C(=O)Nc1cccc([N+](=O)[O-])c1)OC[C@]32C. The van der Waals surface area contributed by atoms with Gasteiger partial charge in [0.15, 0.2) is 5.60 Å². The van der Waals surface area contributed by atoms with Gasteiger partial charge in [0.1, 0.15) is 0 Å². The summed E-state index contributed by atoms with van der Waals surface area (Å²) in [5.41, 5.74) is -0.476. The molecular formula is C17H20N2O4. The van der Waals surface area contributed by atoms with Gasteiger partial charge in [-0.25, -0.2) is 0 Å². The third-order valence-electron chi connectivity index (χ3n) is 6.88. The molecule has 122 valence electrons. The predicted molar refractivity (Wildman–Crippen MR) is 84.0 cm³/mol. The molecule has 6 nitrogen and oxygen atoms in total. The van der Waals surface area contributed by atoms with E-state index >= 15 is 0 Å². The second-order valence-electron chi connectivity index (χ2n) is 7.57. The van der Waals surface area contributed by atoms with Gasteiger partial charge in [0, 0.05) is 28.7 Å². The van der Waals surface area contributed by atoms with Crippen LogP contribution in [-0.4, -0.2) is 23.0 Å². The number of non-ortho nitro benzene ring substituents is 1. The van der Waals surface area contributed by atoms with Crippen molar-refractivity contribution in [3.8, 4) is 0 Å². The van der Waals surface area contributed by atoms with Crippen molar-refractivity contribution in [2.75, 3.05) is 11.9 Å². The second kappa shape index (κ2) is 4.32. The van der Waals surface area contributed by atoms with Crippen molar-refractivity contribution in [3.05, 3.63) is 34.4 Å². The van der Waals surface area contributed by atoms with Gasteiger partial charge in [0.05, 0.1) is 11.5 Å². The number of benzene rings is 1. The summed E-state index contributed by atoms with van der Waals surface area (Å²) < 4.78 is 6.05. The molecule has 1 saturated heterocycles. The minimum Gasteiger partial charge on any atom is -0.364 e. The Morgan fingerprint density at radius 1 is 1.43 bits per heavy atom. The van der Waals surface area contributed by atoms with Crippen LogP contribution in [0.1, 0.15) is 33.1 Å². The molecule has 1 aromatic rings. The highest BCUT2D eigenvalue weighted by atomic mass is 16.6. The largest absolute Gasteiger partial charge is 0.364 e. The van der Waals surface area contributed by atoms with Crippen LogP contribution in [0, 0.1) is 26.9 Å². The van der Waals surface area contributed by atoms with Crippen LogP contribution in [-0.2, 0) is 9.53 Å². The van der Waals surface area contributed by atoms with E-state index in [9.17, 15) is 14.9 Å². The van der Waals surface area contributed by atoms with Crippen molar-refractivity contribution in [2.24, 2.45) is 16.7 Å². The number of nitrogens with one attached hydrogen (secondary N) is 1. The van der Waals surface area contributed by atoms with E-state index in [1.807, 2.05) is 0 Å². The first-order valence-corrected chi connectivity index (χ1v) is 8.02. The van der Waals surface area contributed by atoms with Crippen LogP contribution in [0.2, 0.25) is 0 Å². The Hall–Kier alpha value is -1.95. The molecule has 1 amide bonds. The van der Waals surface area contributed by atoms with E-state index in [0.717, 1.165) is 19.3 Å². The summed E-state index contributed by atoms with van der Waals surface area (Å²) in [6.07, 6.45) is 2.90. The van der Waals surface area contributed by atoms with Crippen molar-refractivity contribution >= 4 is 17.3 Å². The Morgan fingerprint density at radius 2 is 2.22 bits per heavy atom. The molecule has 0 unspecified atom stereocenters. The van der Waals surface area contributed by atoms with Gasteiger partial charge < -0.3 is 10.1 Å². The first-order valence-electron chi connectivity index (χ1n) is 8.02. The Morgan fingerprint density at radius 3 is 2.87 bits per heavy atom. The van der Waals surface area contributed by atoms with Gasteiger partial charge in [0.25, 0.3) is 11.6 Å². The van der Waals surface area contributed by atoms with Crippen LogP contribution in [0.4, 0.5) is 11.4 Å². The number of hydrogen-bond donors (Lipinski definition) is 1. The fourth-order valence-corrected chi connectivity index (χ4v) is 5.19. The number of anilines is 1. The topological polar surface area (TPSA) is 81.5 Å². The van der Waals surface area contributed by atoms with Crippen molar-refractivity contribution in [3.63, 3.8) is 0 Å². The predicted octanol–water partition coefficient (Wildman–Crippen LogP) is 3.13. The number of nitrogens with zero attached hydrogens (tertiary/aromatic N) is 1. The molecule has 2 saturated carbocycles. The third kappa shape index (κ3) is 1.59. The fraction of sp³-hybridized carbons (Fsp3) is 0.588. The number of nitro benzene ring substituents is 1. The van der Waals surface area contributed by atoms with Gasteiger partial charge in [-0.1, -0.05) is 19.9 Å². The molecule has 6 heteroatoms. The molecule has 1 heterocycles. The Labute approximate surface area is 134 Å². The highest BCUT2D eigenvalue weighted by Gasteiger charge is 2.78. The number of carbonyl (C=O) groups is 1. The quantitative estimate of drug-likeness (QED) is 0.686. The summed E-state index contributed by atoms with van der Waals surface area (Å²) in [5.74, 6) is 0.364. The zero-order valence-corrected chi connectivity index (χ0v) is 13.3. The number of hydrogen-bond acceptors (Lipinski definition) is 4. The monoisotopic (exact) mass is 316 g/mol. The average molecular weight is 316 g/mol. The molecular weight excluding hydrogens is 296 g/mol. The highest BCUT2D eigenvalue weighted by molar-refractivity contribution is 5.99. The van der Waals surface area contributed by atoms with Crippen LogP contribution in [0.3, 0.4) is 0 Å². The Kier molecular flexibility index (Phi) is 2.75. The van der Waals surface area contributed by atoms with E-state index < -0.39 is 10.5 Å². The summed E-state index contributed by atoms with van der Waals surface area (Å²) in [5, 5.41) is 13.7. The zero-order valence-electron chi connectivity index (χ0n) is 13.3. The molecule has 1 aliphatic heterocycles. The zero-order chi connectivity index (χ0) is 16.5. The molecule has 1 aromatic carbocycles. The smallest absolute Gasteiger partial charge is 0.271 e. The average Bonchev–Trinajstić information content (AvgIpc) is 2.99. The lowest BCUT2D eigenvalue weighted by atomic mass is 9.66. The number of nitro groups is 1. The van der Waals surface area contributed by atoms with Gasteiger partial charge in [0.2, 0.25) is 0 Å². The maximum absolute atomic E-state index is 13.0. The van der Waals surface area contributed by atoms with E-state index in [1.165, 1.54) is 12.1 Å². The minimum atomic E-state index is -0.796. The summed E-state index contributed by atoms with van der Waals surface area (Å²) in [6, 6.07) is 6.05. The number of ether oxygens (including phenoxy) is 1. The highest BCUT2D eigenvalue weighted by Crippen LogP contribution is 2.75. The van der Waals surface area contributed by atoms with Crippen LogP contribution in [0.15, 0.2) is 24.3 Å². The molecule has 3 fully saturated rings. The number of rotatable bonds is 3. The summed E-state index contributed by atoms with van der Waals surface area (Å²) >= 11 is 0. The molecule has 1 N–H and O–H groups in total. The van der Waals surface area contributed by atoms with E-state index in [-0.39, 0.29) is 22.4 Å². The van der Waals surface area contributed by atoms with Crippen molar-refractivity contribution < 1.29 is 14.5 Å². The normalized spacial score (nSPS) is 40.3.